The number of nitrogens with zero attached hydrogens (tertiary/aromatic N) is 1. The molecule has 0 spiro atoms. The van der Waals surface area contributed by atoms with Gasteiger partial charge in [0.1, 0.15) is 23.5 Å². The van der Waals surface area contributed by atoms with Gasteiger partial charge in [0.05, 0.1) is 16.6 Å². The van der Waals surface area contributed by atoms with Gasteiger partial charge in [-0.15, -0.1) is 0 Å². The number of benzene rings is 2. The minimum absolute atomic E-state index is 0.0825. The Labute approximate surface area is 172 Å². The fourth-order valence-corrected chi connectivity index (χ4v) is 3.78. The molecule has 2 aromatic carbocycles. The van der Waals surface area contributed by atoms with Crippen molar-refractivity contribution in [2.45, 2.75) is 44.9 Å². The van der Waals surface area contributed by atoms with E-state index in [1.807, 2.05) is 24.3 Å². The fraction of sp³-hybridized carbons (Fsp3) is 0.400. The summed E-state index contributed by atoms with van der Waals surface area (Å²) in [7, 11) is 0. The predicted molar refractivity (Wildman–Crippen MR) is 107 cm³/mol. The maximum atomic E-state index is 12.4. The van der Waals surface area contributed by atoms with Crippen LogP contribution < -0.4 is 4.74 Å². The average Bonchev–Trinajstić information content (AvgIpc) is 3.02. The summed E-state index contributed by atoms with van der Waals surface area (Å²) in [6.45, 7) is 5.26. The van der Waals surface area contributed by atoms with Crippen LogP contribution in [0.25, 0.3) is 10.8 Å². The first-order valence-electron chi connectivity index (χ1n) is 8.82. The minimum Gasteiger partial charge on any atom is -0.486 e. The third kappa shape index (κ3) is 4.28. The number of carboxylic acid groups (broad SMARTS) is 1. The van der Waals surface area contributed by atoms with Gasteiger partial charge >= 0.3 is 12.1 Å². The number of aliphatic carboxylic acids is 1. The van der Waals surface area contributed by atoms with Crippen LogP contribution in [-0.4, -0.2) is 46.4 Å². The fourth-order valence-electron chi connectivity index (χ4n) is 3.20. The second-order valence-electron chi connectivity index (χ2n) is 7.68. The monoisotopic (exact) mass is 425 g/mol. The maximum absolute atomic E-state index is 12.4. The van der Waals surface area contributed by atoms with Crippen molar-refractivity contribution in [3.05, 3.63) is 40.4 Å². The van der Waals surface area contributed by atoms with Gasteiger partial charge in [0.15, 0.2) is 0 Å². The smallest absolute Gasteiger partial charge is 0.411 e. The molecule has 150 valence electrons. The number of carbonyl (C=O) groups excluding carboxylic acids is 1. The Morgan fingerprint density at radius 3 is 2.39 bits per heavy atom. The lowest BCUT2D eigenvalue weighted by Crippen LogP contribution is -2.43. The van der Waals surface area contributed by atoms with E-state index in [1.165, 1.54) is 4.90 Å². The van der Waals surface area contributed by atoms with E-state index in [2.05, 4.69) is 0 Å². The van der Waals surface area contributed by atoms with Crippen molar-refractivity contribution in [2.75, 3.05) is 6.54 Å². The van der Waals surface area contributed by atoms with Crippen LogP contribution in [-0.2, 0) is 9.53 Å². The van der Waals surface area contributed by atoms with E-state index in [4.69, 9.17) is 32.7 Å². The molecule has 1 aliphatic heterocycles. The third-order valence-corrected chi connectivity index (χ3v) is 4.95. The second kappa shape index (κ2) is 7.68. The molecule has 8 heteroatoms. The van der Waals surface area contributed by atoms with Crippen molar-refractivity contribution < 1.29 is 24.2 Å². The van der Waals surface area contributed by atoms with Crippen molar-refractivity contribution in [3.8, 4) is 5.75 Å². The summed E-state index contributed by atoms with van der Waals surface area (Å²) in [5.74, 6) is -0.689. The predicted octanol–water partition coefficient (Wildman–Crippen LogP) is 4.99. The van der Waals surface area contributed by atoms with Crippen LogP contribution in [0.1, 0.15) is 27.2 Å². The zero-order valence-corrected chi connectivity index (χ0v) is 17.3. The summed E-state index contributed by atoms with van der Waals surface area (Å²) < 4.78 is 11.4. The number of carbonyl (C=O) groups is 2. The topological polar surface area (TPSA) is 76.1 Å². The molecule has 3 rings (SSSR count). The number of ether oxygens (including phenoxy) is 2. The zero-order valence-electron chi connectivity index (χ0n) is 15.7. The molecule has 0 bridgehead atoms. The molecule has 2 aromatic rings. The van der Waals surface area contributed by atoms with Gasteiger partial charge in [0.2, 0.25) is 0 Å². The van der Waals surface area contributed by atoms with Crippen LogP contribution in [0.2, 0.25) is 10.0 Å². The minimum atomic E-state index is -1.11. The summed E-state index contributed by atoms with van der Waals surface area (Å²) in [5, 5.41) is 11.9. The zero-order chi connectivity index (χ0) is 20.6. The van der Waals surface area contributed by atoms with E-state index < -0.39 is 29.8 Å². The van der Waals surface area contributed by atoms with Crippen LogP contribution >= 0.6 is 23.2 Å². The van der Waals surface area contributed by atoms with Crippen LogP contribution in [0.3, 0.4) is 0 Å². The van der Waals surface area contributed by atoms with Crippen molar-refractivity contribution >= 4 is 46.0 Å². The summed E-state index contributed by atoms with van der Waals surface area (Å²) in [4.78, 5) is 25.3. The van der Waals surface area contributed by atoms with E-state index in [-0.39, 0.29) is 13.0 Å². The molecule has 0 radical (unpaired) electrons. The van der Waals surface area contributed by atoms with E-state index in [0.29, 0.717) is 15.8 Å². The molecule has 2 unspecified atom stereocenters. The Hall–Kier alpha value is -2.18. The van der Waals surface area contributed by atoms with E-state index in [0.717, 1.165) is 10.8 Å². The quantitative estimate of drug-likeness (QED) is 0.749. The molecular formula is C20H21Cl2NO5. The second-order valence-corrected chi connectivity index (χ2v) is 8.49. The Morgan fingerprint density at radius 1 is 1.14 bits per heavy atom. The van der Waals surface area contributed by atoms with Gasteiger partial charge in [-0.1, -0.05) is 47.5 Å². The molecule has 1 N–H and O–H groups in total. The van der Waals surface area contributed by atoms with Gasteiger partial charge in [0.25, 0.3) is 0 Å². The summed E-state index contributed by atoms with van der Waals surface area (Å²) in [6, 6.07) is 7.93. The normalized spacial score (nSPS) is 19.7. The molecule has 28 heavy (non-hydrogen) atoms. The van der Waals surface area contributed by atoms with Gasteiger partial charge in [-0.05, 0) is 26.8 Å². The lowest BCUT2D eigenvalue weighted by Gasteiger charge is -2.26. The van der Waals surface area contributed by atoms with Crippen LogP contribution in [0.15, 0.2) is 30.3 Å². The Bertz CT molecular complexity index is 925. The van der Waals surface area contributed by atoms with E-state index >= 15 is 0 Å². The largest absolute Gasteiger partial charge is 0.486 e. The van der Waals surface area contributed by atoms with E-state index in [9.17, 15) is 14.7 Å². The van der Waals surface area contributed by atoms with Gasteiger partial charge in [-0.3, -0.25) is 4.90 Å². The van der Waals surface area contributed by atoms with Crippen molar-refractivity contribution in [2.24, 2.45) is 0 Å². The van der Waals surface area contributed by atoms with Crippen LogP contribution in [0, 0.1) is 0 Å². The lowest BCUT2D eigenvalue weighted by molar-refractivity contribution is -0.142. The van der Waals surface area contributed by atoms with Crippen molar-refractivity contribution in [1.29, 1.82) is 0 Å². The maximum Gasteiger partial charge on any atom is 0.411 e. The number of hydrogen-bond acceptors (Lipinski definition) is 4. The van der Waals surface area contributed by atoms with Gasteiger partial charge in [-0.25, -0.2) is 9.59 Å². The molecule has 0 saturated carbocycles. The van der Waals surface area contributed by atoms with Crippen LogP contribution in [0.5, 0.6) is 5.75 Å². The molecule has 6 nitrogen and oxygen atoms in total. The van der Waals surface area contributed by atoms with Gasteiger partial charge in [-0.2, -0.15) is 0 Å². The number of halogens is 2. The molecule has 2 atom stereocenters. The van der Waals surface area contributed by atoms with Crippen molar-refractivity contribution in [3.63, 3.8) is 0 Å². The summed E-state index contributed by atoms with van der Waals surface area (Å²) in [6.07, 6.45) is -1.10. The highest BCUT2D eigenvalue weighted by Crippen LogP contribution is 2.39. The highest BCUT2D eigenvalue weighted by Gasteiger charge is 2.43. The molecular weight excluding hydrogens is 405 g/mol. The standard InChI is InChI=1S/C20H21Cl2NO5/c1-20(2,3)28-19(26)23-10-11(8-16(23)18(24)25)27-17-13-7-5-4-6-12(13)14(21)9-15(17)22/h4-7,9,11,16H,8,10H2,1-3H3,(H,24,25). The SMILES string of the molecule is CC(C)(C)OC(=O)N1CC(Oc2c(Cl)cc(Cl)c3ccccc23)CC1C(=O)O. The molecule has 1 aliphatic rings. The number of amides is 1. The summed E-state index contributed by atoms with van der Waals surface area (Å²) in [5.41, 5.74) is -0.727. The number of hydrogen-bond donors (Lipinski definition) is 1. The first-order chi connectivity index (χ1) is 13.1. The molecule has 0 aliphatic carbocycles. The molecule has 0 aromatic heterocycles. The highest BCUT2D eigenvalue weighted by atomic mass is 35.5. The number of rotatable bonds is 3. The van der Waals surface area contributed by atoms with Crippen molar-refractivity contribution in [1.82, 2.24) is 4.90 Å². The number of carboxylic acids is 1. The highest BCUT2D eigenvalue weighted by molar-refractivity contribution is 6.39. The van der Waals surface area contributed by atoms with Gasteiger partial charge < -0.3 is 14.6 Å². The molecule has 1 amide bonds. The molecule has 1 heterocycles. The first kappa shape index (κ1) is 20.6. The summed E-state index contributed by atoms with van der Waals surface area (Å²) >= 11 is 12.6. The Kier molecular flexibility index (Phi) is 5.64. The average molecular weight is 426 g/mol. The van der Waals surface area contributed by atoms with E-state index in [1.54, 1.807) is 26.8 Å². The Balaban J connectivity index is 1.87. The first-order valence-corrected chi connectivity index (χ1v) is 9.58. The van der Waals surface area contributed by atoms with Crippen LogP contribution in [0.4, 0.5) is 4.79 Å². The third-order valence-electron chi connectivity index (χ3n) is 4.36. The molecule has 1 saturated heterocycles. The Morgan fingerprint density at radius 2 is 1.79 bits per heavy atom. The van der Waals surface area contributed by atoms with Gasteiger partial charge in [0, 0.05) is 17.2 Å². The molecule has 1 fully saturated rings. The number of likely N-dealkylation sites (tertiary alicyclic amines) is 1. The number of fused-ring (bicyclic) bond motifs is 1. The lowest BCUT2D eigenvalue weighted by atomic mass is 10.1.